The number of nitro groups is 1. The third-order valence-electron chi connectivity index (χ3n) is 4.90. The molecule has 0 amide bonds. The van der Waals surface area contributed by atoms with Crippen LogP contribution in [-0.4, -0.2) is 54.4 Å². The van der Waals surface area contributed by atoms with Crippen molar-refractivity contribution in [1.29, 1.82) is 0 Å². The van der Waals surface area contributed by atoms with Gasteiger partial charge < -0.3 is 4.90 Å². The maximum atomic E-state index is 11.1. The predicted molar refractivity (Wildman–Crippen MR) is 102 cm³/mol. The molecule has 8 nitrogen and oxygen atoms in total. The number of aromatic nitrogens is 2. The number of likely N-dealkylation sites (N-methyl/N-ethyl adjacent to an activating group) is 1. The Balaban J connectivity index is 1.71. The van der Waals surface area contributed by atoms with E-state index in [9.17, 15) is 10.1 Å². The van der Waals surface area contributed by atoms with E-state index >= 15 is 0 Å². The molecule has 138 valence electrons. The molecule has 0 bridgehead atoms. The molecule has 8 heteroatoms. The number of imidazole rings is 1. The van der Waals surface area contributed by atoms with Gasteiger partial charge in [-0.05, 0) is 18.2 Å². The molecular formula is C19H22N6O2+2. The molecule has 0 radical (unpaired) electrons. The summed E-state index contributed by atoms with van der Waals surface area (Å²) in [6, 6.07) is 12.6. The Kier molecular flexibility index (Phi) is 4.55. The SMILES string of the molecule is C[NH+]1CCN(/N=C/c2[nH]c(-c3cccc([N+](=O)[O-])c3)[n+]3ccccc23)CC1. The molecule has 1 aliphatic rings. The summed E-state index contributed by atoms with van der Waals surface area (Å²) in [7, 11) is 2.20. The molecule has 27 heavy (non-hydrogen) atoms. The zero-order valence-electron chi connectivity index (χ0n) is 15.1. The van der Waals surface area contributed by atoms with Gasteiger partial charge in [-0.25, -0.2) is 4.98 Å². The number of quaternary nitrogens is 1. The predicted octanol–water partition coefficient (Wildman–Crippen LogP) is 0.493. The topological polar surface area (TPSA) is 83.1 Å². The number of hydrogen-bond acceptors (Lipinski definition) is 4. The smallest absolute Gasteiger partial charge is 0.292 e. The second kappa shape index (κ2) is 7.16. The van der Waals surface area contributed by atoms with E-state index in [4.69, 9.17) is 0 Å². The Morgan fingerprint density at radius 1 is 1.26 bits per heavy atom. The lowest BCUT2D eigenvalue weighted by Gasteiger charge is -2.27. The number of benzene rings is 1. The number of piperazine rings is 1. The number of hydrogen-bond donors (Lipinski definition) is 2. The van der Waals surface area contributed by atoms with Crippen molar-refractivity contribution in [3.05, 3.63) is 64.5 Å². The third kappa shape index (κ3) is 3.52. The fourth-order valence-electron chi connectivity index (χ4n) is 3.32. The van der Waals surface area contributed by atoms with Gasteiger partial charge >= 0.3 is 0 Å². The van der Waals surface area contributed by atoms with Crippen molar-refractivity contribution in [2.24, 2.45) is 5.10 Å². The second-order valence-electron chi connectivity index (χ2n) is 6.81. The lowest BCUT2D eigenvalue weighted by Crippen LogP contribution is -3.11. The van der Waals surface area contributed by atoms with Gasteiger partial charge in [0.2, 0.25) is 0 Å². The Morgan fingerprint density at radius 2 is 2.07 bits per heavy atom. The molecule has 0 spiro atoms. The minimum Gasteiger partial charge on any atom is -0.334 e. The normalized spacial score (nSPS) is 15.7. The summed E-state index contributed by atoms with van der Waals surface area (Å²) in [6.45, 7) is 4.03. The number of non-ortho nitro benzene ring substituents is 1. The summed E-state index contributed by atoms with van der Waals surface area (Å²) in [5.74, 6) is 0.790. The first-order chi connectivity index (χ1) is 13.1. The van der Waals surface area contributed by atoms with Crippen LogP contribution in [0.4, 0.5) is 5.69 Å². The first kappa shape index (κ1) is 17.2. The number of nitrogens with zero attached hydrogens (tertiary/aromatic N) is 4. The van der Waals surface area contributed by atoms with Crippen molar-refractivity contribution in [2.45, 2.75) is 0 Å². The number of nitrogens with one attached hydrogen (secondary N) is 2. The standard InChI is InChI=1S/C19H20N6O2/c1-22-9-11-23(12-10-22)20-14-17-18-7-2-3-8-24(18)19(21-17)15-5-4-6-16(13-15)25(26)27/h2-8,13-14H,9-12H2,1H3/p+2/b20-14+. The van der Waals surface area contributed by atoms with E-state index in [-0.39, 0.29) is 10.6 Å². The van der Waals surface area contributed by atoms with E-state index in [1.807, 2.05) is 41.1 Å². The summed E-state index contributed by atoms with van der Waals surface area (Å²) in [5.41, 5.74) is 2.68. The number of fused-ring (bicyclic) bond motifs is 1. The van der Waals surface area contributed by atoms with E-state index in [1.165, 1.54) is 11.0 Å². The van der Waals surface area contributed by atoms with Crippen LogP contribution in [0.1, 0.15) is 5.69 Å². The second-order valence-corrected chi connectivity index (χ2v) is 6.81. The van der Waals surface area contributed by atoms with Crippen molar-refractivity contribution < 1.29 is 14.2 Å². The van der Waals surface area contributed by atoms with Crippen molar-refractivity contribution in [1.82, 2.24) is 9.99 Å². The largest absolute Gasteiger partial charge is 0.334 e. The van der Waals surface area contributed by atoms with Gasteiger partial charge in [0, 0.05) is 12.1 Å². The highest BCUT2D eigenvalue weighted by Gasteiger charge is 2.21. The molecular weight excluding hydrogens is 344 g/mol. The van der Waals surface area contributed by atoms with Crippen LogP contribution >= 0.6 is 0 Å². The quantitative estimate of drug-likeness (QED) is 0.305. The fraction of sp³-hybridized carbons (Fsp3) is 0.263. The molecule has 0 saturated carbocycles. The number of hydrazone groups is 1. The zero-order chi connectivity index (χ0) is 18.8. The van der Waals surface area contributed by atoms with Gasteiger partial charge in [-0.15, -0.1) is 0 Å². The Bertz CT molecular complexity index is 1000. The van der Waals surface area contributed by atoms with E-state index in [2.05, 4.69) is 22.1 Å². The highest BCUT2D eigenvalue weighted by molar-refractivity contribution is 5.86. The molecule has 0 aliphatic carbocycles. The van der Waals surface area contributed by atoms with Crippen LogP contribution in [-0.2, 0) is 0 Å². The van der Waals surface area contributed by atoms with E-state index in [0.29, 0.717) is 0 Å². The molecule has 2 aromatic heterocycles. The fourth-order valence-corrected chi connectivity index (χ4v) is 3.32. The van der Waals surface area contributed by atoms with Crippen molar-refractivity contribution >= 4 is 17.4 Å². The molecule has 3 aromatic rings. The Hall–Kier alpha value is -3.26. The Labute approximate surface area is 156 Å². The lowest BCUT2D eigenvalue weighted by molar-refractivity contribution is -0.884. The van der Waals surface area contributed by atoms with E-state index in [0.717, 1.165) is 48.8 Å². The molecule has 0 atom stereocenters. The minimum absolute atomic E-state index is 0.0712. The average molecular weight is 366 g/mol. The molecule has 0 unspecified atom stereocenters. The van der Waals surface area contributed by atoms with Crippen LogP contribution < -0.4 is 9.30 Å². The molecule has 1 aromatic carbocycles. The molecule has 3 heterocycles. The van der Waals surface area contributed by atoms with Gasteiger partial charge in [0.25, 0.3) is 11.5 Å². The highest BCUT2D eigenvalue weighted by atomic mass is 16.6. The number of pyridine rings is 1. The lowest BCUT2D eigenvalue weighted by atomic mass is 10.2. The summed E-state index contributed by atoms with van der Waals surface area (Å²) in [6.07, 6.45) is 3.79. The van der Waals surface area contributed by atoms with Crippen LogP contribution in [0, 0.1) is 10.1 Å². The van der Waals surface area contributed by atoms with Gasteiger partial charge in [0.15, 0.2) is 11.2 Å². The monoisotopic (exact) mass is 366 g/mol. The highest BCUT2D eigenvalue weighted by Crippen LogP contribution is 2.21. The van der Waals surface area contributed by atoms with Crippen LogP contribution in [0.2, 0.25) is 0 Å². The molecule has 1 fully saturated rings. The third-order valence-corrected chi connectivity index (χ3v) is 4.90. The first-order valence-corrected chi connectivity index (χ1v) is 8.99. The van der Waals surface area contributed by atoms with Crippen molar-refractivity contribution in [3.63, 3.8) is 0 Å². The van der Waals surface area contributed by atoms with Crippen LogP contribution in [0.25, 0.3) is 16.9 Å². The molecule has 2 N–H and O–H groups in total. The Morgan fingerprint density at radius 3 is 2.85 bits per heavy atom. The van der Waals surface area contributed by atoms with Gasteiger partial charge in [-0.2, -0.15) is 9.50 Å². The van der Waals surface area contributed by atoms with Crippen molar-refractivity contribution in [3.8, 4) is 11.4 Å². The van der Waals surface area contributed by atoms with E-state index < -0.39 is 0 Å². The summed E-state index contributed by atoms with van der Waals surface area (Å²) in [5, 5.41) is 17.8. The van der Waals surface area contributed by atoms with Crippen LogP contribution in [0.15, 0.2) is 53.8 Å². The van der Waals surface area contributed by atoms with Crippen LogP contribution in [0.5, 0.6) is 0 Å². The van der Waals surface area contributed by atoms with Gasteiger partial charge in [0.1, 0.15) is 0 Å². The first-order valence-electron chi connectivity index (χ1n) is 8.99. The van der Waals surface area contributed by atoms with Crippen LogP contribution in [0.3, 0.4) is 0 Å². The number of rotatable bonds is 4. The van der Waals surface area contributed by atoms with E-state index in [1.54, 1.807) is 12.1 Å². The molecule has 1 saturated heterocycles. The van der Waals surface area contributed by atoms with Gasteiger partial charge in [-0.1, -0.05) is 12.1 Å². The van der Waals surface area contributed by atoms with Gasteiger partial charge in [-0.3, -0.25) is 15.1 Å². The maximum absolute atomic E-state index is 11.1. The summed E-state index contributed by atoms with van der Waals surface area (Å²) < 4.78 is 1.99. The zero-order valence-corrected chi connectivity index (χ0v) is 15.1. The number of aromatic amines is 1. The van der Waals surface area contributed by atoms with Crippen molar-refractivity contribution in [2.75, 3.05) is 33.2 Å². The summed E-state index contributed by atoms with van der Waals surface area (Å²) >= 11 is 0. The number of H-pyrrole nitrogens is 1. The minimum atomic E-state index is -0.378. The maximum Gasteiger partial charge on any atom is 0.292 e. The summed E-state index contributed by atoms with van der Waals surface area (Å²) in [4.78, 5) is 15.6. The van der Waals surface area contributed by atoms with Gasteiger partial charge in [0.05, 0.1) is 56.1 Å². The molecule has 4 rings (SSSR count). The average Bonchev–Trinajstić information content (AvgIpc) is 3.06. The molecule has 1 aliphatic heterocycles. The number of nitro benzene ring substituents is 1.